The molecule has 2 N–H and O–H groups in total. The fraction of sp³-hybridized carbons (Fsp3) is 0.240. The van der Waals surface area contributed by atoms with E-state index >= 15 is 0 Å². The first kappa shape index (κ1) is 21.2. The molecule has 1 heterocycles. The van der Waals surface area contributed by atoms with Crippen molar-refractivity contribution in [1.82, 2.24) is 0 Å². The van der Waals surface area contributed by atoms with Gasteiger partial charge in [0.15, 0.2) is 0 Å². The van der Waals surface area contributed by atoms with Gasteiger partial charge in [-0.25, -0.2) is 0 Å². The summed E-state index contributed by atoms with van der Waals surface area (Å²) in [6.45, 7) is 6.78. The predicted molar refractivity (Wildman–Crippen MR) is 119 cm³/mol. The van der Waals surface area contributed by atoms with Gasteiger partial charge < -0.3 is 19.4 Å². The molecule has 0 amide bonds. The van der Waals surface area contributed by atoms with Crippen LogP contribution < -0.4 is 10.2 Å². The van der Waals surface area contributed by atoms with Crippen LogP contribution in [-0.4, -0.2) is 16.8 Å². The number of ether oxygens (including phenoxy) is 1. The Kier molecular flexibility index (Phi) is 6.62. The molecule has 0 spiro atoms. The van der Waals surface area contributed by atoms with Crippen LogP contribution in [0.2, 0.25) is 0 Å². The fourth-order valence-electron chi connectivity index (χ4n) is 3.12. The minimum absolute atomic E-state index is 0.0411. The molecule has 3 aromatic rings. The summed E-state index contributed by atoms with van der Waals surface area (Å²) in [7, 11) is 0. The number of benzene rings is 2. The zero-order valence-corrected chi connectivity index (χ0v) is 17.4. The first-order chi connectivity index (χ1) is 14.3. The van der Waals surface area contributed by atoms with Crippen LogP contribution in [0.4, 0.5) is 0 Å². The molecule has 5 nitrogen and oxygen atoms in total. The zero-order chi connectivity index (χ0) is 21.7. The Balaban J connectivity index is 1.71. The maximum absolute atomic E-state index is 12.8. The van der Waals surface area contributed by atoms with Gasteiger partial charge in [-0.3, -0.25) is 4.79 Å². The van der Waals surface area contributed by atoms with Crippen LogP contribution in [0.3, 0.4) is 0 Å². The molecule has 2 aromatic carbocycles. The van der Waals surface area contributed by atoms with E-state index in [0.717, 1.165) is 18.9 Å². The van der Waals surface area contributed by atoms with Crippen LogP contribution >= 0.6 is 0 Å². The first-order valence-corrected chi connectivity index (χ1v) is 9.85. The van der Waals surface area contributed by atoms with Crippen molar-refractivity contribution in [3.05, 3.63) is 76.2 Å². The Morgan fingerprint density at radius 3 is 2.50 bits per heavy atom. The second kappa shape index (κ2) is 9.35. The van der Waals surface area contributed by atoms with Crippen LogP contribution in [0.1, 0.15) is 33.6 Å². The maximum atomic E-state index is 12.8. The third kappa shape index (κ3) is 5.11. The molecular weight excluding hydrogens is 380 g/mol. The minimum atomic E-state index is -0.364. The number of phenolic OH excluding ortho intramolecular Hbond substituents is 2. The number of hydrogen-bond acceptors (Lipinski definition) is 5. The smallest absolute Gasteiger partial charge is 0.204 e. The summed E-state index contributed by atoms with van der Waals surface area (Å²) >= 11 is 0. The van der Waals surface area contributed by atoms with Gasteiger partial charge in [-0.15, -0.1) is 0 Å². The summed E-state index contributed by atoms with van der Waals surface area (Å²) in [4.78, 5) is 12.8. The van der Waals surface area contributed by atoms with Gasteiger partial charge in [-0.05, 0) is 57.4 Å². The summed E-state index contributed by atoms with van der Waals surface area (Å²) in [5, 5.41) is 19.6. The lowest BCUT2D eigenvalue weighted by atomic mass is 10.0. The summed E-state index contributed by atoms with van der Waals surface area (Å²) in [5.74, 6) is 0.218. The lowest BCUT2D eigenvalue weighted by molar-refractivity contribution is 0.361. The molecule has 0 atom stereocenters. The monoisotopic (exact) mass is 406 g/mol. The van der Waals surface area contributed by atoms with E-state index in [-0.39, 0.29) is 27.9 Å². The van der Waals surface area contributed by atoms with Crippen LogP contribution in [0.5, 0.6) is 17.2 Å². The topological polar surface area (TPSA) is 79.9 Å². The Labute approximate surface area is 175 Å². The molecule has 0 bridgehead atoms. The average molecular weight is 406 g/mol. The van der Waals surface area contributed by atoms with Gasteiger partial charge >= 0.3 is 0 Å². The molecule has 156 valence electrons. The number of rotatable bonds is 7. The second-order valence-corrected chi connectivity index (χ2v) is 7.52. The first-order valence-electron chi connectivity index (χ1n) is 9.85. The van der Waals surface area contributed by atoms with Crippen molar-refractivity contribution in [2.24, 2.45) is 0 Å². The number of aromatic hydroxyl groups is 2. The van der Waals surface area contributed by atoms with Crippen molar-refractivity contribution >= 4 is 11.0 Å². The van der Waals surface area contributed by atoms with Gasteiger partial charge in [0.25, 0.3) is 0 Å². The largest absolute Gasteiger partial charge is 0.508 e. The normalized spacial score (nSPS) is 11.5. The fourth-order valence-corrected chi connectivity index (χ4v) is 3.12. The number of allylic oxidation sites excluding steroid dienone is 3. The Bertz CT molecular complexity index is 1150. The van der Waals surface area contributed by atoms with Crippen molar-refractivity contribution in [2.45, 2.75) is 33.6 Å². The van der Waals surface area contributed by atoms with Crippen LogP contribution in [0.25, 0.3) is 22.1 Å². The Morgan fingerprint density at radius 1 is 1.07 bits per heavy atom. The maximum Gasteiger partial charge on any atom is 0.204 e. The quantitative estimate of drug-likeness (QED) is 0.475. The highest BCUT2D eigenvalue weighted by molar-refractivity contribution is 5.88. The highest BCUT2D eigenvalue weighted by Crippen LogP contribution is 2.30. The lowest BCUT2D eigenvalue weighted by Gasteiger charge is -2.07. The predicted octanol–water partition coefficient (Wildman–Crippen LogP) is 5.94. The Morgan fingerprint density at radius 2 is 1.80 bits per heavy atom. The molecule has 0 radical (unpaired) electrons. The second-order valence-electron chi connectivity index (χ2n) is 7.52. The van der Waals surface area contributed by atoms with Crippen molar-refractivity contribution in [3.63, 3.8) is 0 Å². The van der Waals surface area contributed by atoms with E-state index in [0.29, 0.717) is 23.5 Å². The molecule has 0 saturated heterocycles. The van der Waals surface area contributed by atoms with E-state index < -0.39 is 0 Å². The van der Waals surface area contributed by atoms with E-state index in [1.54, 1.807) is 24.3 Å². The lowest BCUT2D eigenvalue weighted by Crippen LogP contribution is -2.05. The van der Waals surface area contributed by atoms with Crippen molar-refractivity contribution < 1.29 is 19.4 Å². The van der Waals surface area contributed by atoms with Gasteiger partial charge in [-0.2, -0.15) is 0 Å². The van der Waals surface area contributed by atoms with E-state index in [9.17, 15) is 15.0 Å². The number of hydrogen-bond donors (Lipinski definition) is 2. The van der Waals surface area contributed by atoms with E-state index in [4.69, 9.17) is 9.15 Å². The van der Waals surface area contributed by atoms with Crippen LogP contribution in [0, 0.1) is 0 Å². The van der Waals surface area contributed by atoms with Crippen molar-refractivity contribution in [3.8, 4) is 28.4 Å². The SMILES string of the molecule is CC(C)=CCC/C(C)=C/COc1ccc(-c2coc3cc(O)cc(O)c3c2=O)cc1. The third-order valence-electron chi connectivity index (χ3n) is 4.78. The van der Waals surface area contributed by atoms with Crippen molar-refractivity contribution in [1.29, 1.82) is 0 Å². The van der Waals surface area contributed by atoms with Gasteiger partial charge in [0.2, 0.25) is 5.43 Å². The molecule has 0 fully saturated rings. The van der Waals surface area contributed by atoms with E-state index in [1.807, 2.05) is 0 Å². The molecule has 1 aromatic heterocycles. The summed E-state index contributed by atoms with van der Waals surface area (Å²) in [5.41, 5.74) is 3.35. The van der Waals surface area contributed by atoms with E-state index in [2.05, 4.69) is 32.9 Å². The third-order valence-corrected chi connectivity index (χ3v) is 4.78. The molecule has 0 unspecified atom stereocenters. The Hall–Kier alpha value is -3.47. The molecule has 0 saturated carbocycles. The zero-order valence-electron chi connectivity index (χ0n) is 17.4. The highest BCUT2D eigenvalue weighted by Gasteiger charge is 2.14. The summed E-state index contributed by atoms with van der Waals surface area (Å²) < 4.78 is 11.2. The van der Waals surface area contributed by atoms with Gasteiger partial charge in [0.05, 0.1) is 5.56 Å². The van der Waals surface area contributed by atoms with Crippen LogP contribution in [0.15, 0.2) is 75.2 Å². The average Bonchev–Trinajstić information content (AvgIpc) is 2.68. The molecule has 0 aliphatic rings. The molecule has 30 heavy (non-hydrogen) atoms. The molecular formula is C25H26O5. The minimum Gasteiger partial charge on any atom is -0.508 e. The van der Waals surface area contributed by atoms with E-state index in [1.165, 1.54) is 23.5 Å². The molecule has 0 aliphatic heterocycles. The summed E-state index contributed by atoms with van der Waals surface area (Å²) in [6, 6.07) is 9.55. The van der Waals surface area contributed by atoms with Crippen molar-refractivity contribution in [2.75, 3.05) is 6.61 Å². The highest BCUT2D eigenvalue weighted by atomic mass is 16.5. The standard InChI is InChI=1S/C25H26O5/c1-16(2)5-4-6-17(3)11-12-29-20-9-7-18(8-10-20)21-15-30-23-14-19(26)13-22(27)24(23)25(21)28/h5,7-11,13-15,26-27H,4,6,12H2,1-3H3/b17-11+. The van der Waals surface area contributed by atoms with Crippen LogP contribution in [-0.2, 0) is 0 Å². The molecule has 5 heteroatoms. The number of fused-ring (bicyclic) bond motifs is 1. The number of phenols is 2. The molecule has 3 rings (SSSR count). The van der Waals surface area contributed by atoms with Gasteiger partial charge in [0, 0.05) is 12.1 Å². The summed E-state index contributed by atoms with van der Waals surface area (Å²) in [6.07, 6.45) is 7.67. The molecule has 0 aliphatic carbocycles. The van der Waals surface area contributed by atoms with Gasteiger partial charge in [0.1, 0.15) is 41.1 Å². The van der Waals surface area contributed by atoms with Gasteiger partial charge in [-0.1, -0.05) is 29.4 Å².